The van der Waals surface area contributed by atoms with E-state index >= 15 is 0 Å². The Morgan fingerprint density at radius 3 is 2.61 bits per heavy atom. The first-order valence-corrected chi connectivity index (χ1v) is 5.86. The van der Waals surface area contributed by atoms with Gasteiger partial charge in [-0.25, -0.2) is 10.0 Å². The van der Waals surface area contributed by atoms with Gasteiger partial charge in [0, 0.05) is 23.7 Å². The number of rotatable bonds is 2. The molecule has 92 valence electrons. The van der Waals surface area contributed by atoms with Crippen molar-refractivity contribution in [1.82, 2.24) is 10.0 Å². The quantitative estimate of drug-likeness (QED) is 0.761. The normalized spacial score (nSPS) is 14.8. The first kappa shape index (κ1) is 12.4. The summed E-state index contributed by atoms with van der Waals surface area (Å²) < 4.78 is 0. The second-order valence-electron chi connectivity index (χ2n) is 3.89. The molecular weight excluding hydrogens is 248 g/mol. The van der Waals surface area contributed by atoms with E-state index in [1.807, 2.05) is 6.07 Å². The van der Waals surface area contributed by atoms with E-state index in [0.717, 1.165) is 0 Å². The fourth-order valence-corrected chi connectivity index (χ4v) is 1.84. The molecule has 1 heterocycles. The molecule has 2 amide bonds. The molecule has 4 nitrogen and oxygen atoms in total. The summed E-state index contributed by atoms with van der Waals surface area (Å²) >= 11 is 4.94. The second-order valence-corrected chi connectivity index (χ2v) is 4.42. The van der Waals surface area contributed by atoms with E-state index in [2.05, 4.69) is 0 Å². The Morgan fingerprint density at radius 1 is 1.33 bits per heavy atom. The summed E-state index contributed by atoms with van der Waals surface area (Å²) in [6, 6.07) is 8.82. The van der Waals surface area contributed by atoms with Gasteiger partial charge < -0.3 is 0 Å². The molecule has 18 heavy (non-hydrogen) atoms. The molecule has 1 aliphatic rings. The van der Waals surface area contributed by atoms with Crippen LogP contribution in [0.2, 0.25) is 0 Å². The molecular formula is C13H12N2O2S. The van der Waals surface area contributed by atoms with E-state index in [0.29, 0.717) is 10.4 Å². The second kappa shape index (κ2) is 5.10. The van der Waals surface area contributed by atoms with Crippen LogP contribution in [-0.2, 0) is 4.79 Å². The number of thiocarbonyl (C=S) groups is 1. The molecule has 0 N–H and O–H groups in total. The molecule has 1 aliphatic heterocycles. The van der Waals surface area contributed by atoms with Crippen LogP contribution in [0.5, 0.6) is 0 Å². The van der Waals surface area contributed by atoms with Gasteiger partial charge >= 0.3 is 0 Å². The Bertz CT molecular complexity index is 525. The summed E-state index contributed by atoms with van der Waals surface area (Å²) in [4.78, 5) is 24.5. The van der Waals surface area contributed by atoms with Gasteiger partial charge in [0.2, 0.25) is 0 Å². The largest absolute Gasteiger partial charge is 0.272 e. The Labute approximate surface area is 110 Å². The number of allylic oxidation sites excluding steroid dienone is 1. The number of benzene rings is 1. The number of nitrogens with zero attached hydrogens (tertiary/aromatic N) is 2. The van der Waals surface area contributed by atoms with Crippen LogP contribution >= 0.6 is 12.2 Å². The molecule has 0 saturated carbocycles. The van der Waals surface area contributed by atoms with Crippen LogP contribution in [-0.4, -0.2) is 33.7 Å². The third-order valence-corrected chi connectivity index (χ3v) is 2.90. The Hall–Kier alpha value is -2.01. The molecule has 0 radical (unpaired) electrons. The van der Waals surface area contributed by atoms with Gasteiger partial charge in [-0.3, -0.25) is 9.59 Å². The zero-order valence-corrected chi connectivity index (χ0v) is 10.7. The van der Waals surface area contributed by atoms with Gasteiger partial charge in [-0.15, -0.1) is 0 Å². The lowest BCUT2D eigenvalue weighted by molar-refractivity contribution is -0.136. The van der Waals surface area contributed by atoms with Gasteiger partial charge in [0.25, 0.3) is 11.8 Å². The Kier molecular flexibility index (Phi) is 3.53. The average molecular weight is 260 g/mol. The van der Waals surface area contributed by atoms with Crippen molar-refractivity contribution in [2.45, 2.75) is 6.42 Å². The third kappa shape index (κ3) is 2.46. The van der Waals surface area contributed by atoms with Gasteiger partial charge in [0.1, 0.15) is 0 Å². The van der Waals surface area contributed by atoms with E-state index in [9.17, 15) is 9.59 Å². The fourth-order valence-electron chi connectivity index (χ4n) is 1.66. The summed E-state index contributed by atoms with van der Waals surface area (Å²) in [7, 11) is 1.56. The number of hydrogen-bond donors (Lipinski definition) is 0. The molecule has 5 heteroatoms. The maximum atomic E-state index is 12.1. The predicted molar refractivity (Wildman–Crippen MR) is 71.7 cm³/mol. The van der Waals surface area contributed by atoms with E-state index in [1.54, 1.807) is 37.4 Å². The summed E-state index contributed by atoms with van der Waals surface area (Å²) in [6.07, 6.45) is 3.35. The molecule has 0 unspecified atom stereocenters. The minimum Gasteiger partial charge on any atom is -0.272 e. The monoisotopic (exact) mass is 260 g/mol. The van der Waals surface area contributed by atoms with Gasteiger partial charge in [-0.2, -0.15) is 0 Å². The SMILES string of the molecule is CN(C(=O)c1ccccc1)N1C=CC(=S)CC1=O. The van der Waals surface area contributed by atoms with Gasteiger partial charge in [-0.1, -0.05) is 30.4 Å². The van der Waals surface area contributed by atoms with Crippen LogP contribution in [0.3, 0.4) is 0 Å². The van der Waals surface area contributed by atoms with E-state index in [4.69, 9.17) is 12.2 Å². The minimum absolute atomic E-state index is 0.165. The number of hydrogen-bond acceptors (Lipinski definition) is 3. The summed E-state index contributed by atoms with van der Waals surface area (Å²) in [6.45, 7) is 0. The fraction of sp³-hybridized carbons (Fsp3) is 0.154. The molecule has 0 bridgehead atoms. The zero-order valence-electron chi connectivity index (χ0n) is 9.87. The topological polar surface area (TPSA) is 40.6 Å². The minimum atomic E-state index is -0.235. The highest BCUT2D eigenvalue weighted by Crippen LogP contribution is 2.12. The van der Waals surface area contributed by atoms with E-state index in [1.165, 1.54) is 16.2 Å². The molecule has 1 aromatic rings. The molecule has 0 aromatic heterocycles. The first-order chi connectivity index (χ1) is 8.59. The van der Waals surface area contributed by atoms with Gasteiger partial charge in [0.15, 0.2) is 0 Å². The van der Waals surface area contributed by atoms with Crippen molar-refractivity contribution < 1.29 is 9.59 Å². The van der Waals surface area contributed by atoms with Crippen LogP contribution in [0.15, 0.2) is 42.6 Å². The molecule has 0 spiro atoms. The van der Waals surface area contributed by atoms with Crippen molar-refractivity contribution in [3.8, 4) is 0 Å². The Morgan fingerprint density at radius 2 is 2.00 bits per heavy atom. The van der Waals surface area contributed by atoms with Crippen LogP contribution in [0.4, 0.5) is 0 Å². The van der Waals surface area contributed by atoms with Crippen LogP contribution in [0.25, 0.3) is 0 Å². The van der Waals surface area contributed by atoms with Crippen molar-refractivity contribution in [3.05, 3.63) is 48.2 Å². The highest BCUT2D eigenvalue weighted by molar-refractivity contribution is 7.80. The smallest absolute Gasteiger partial charge is 0.272 e. The Balaban J connectivity index is 2.19. The molecule has 0 aliphatic carbocycles. The van der Waals surface area contributed by atoms with Crippen LogP contribution in [0.1, 0.15) is 16.8 Å². The zero-order chi connectivity index (χ0) is 13.1. The number of carbonyl (C=O) groups excluding carboxylic acids is 2. The average Bonchev–Trinajstić information content (AvgIpc) is 2.38. The lowest BCUT2D eigenvalue weighted by Gasteiger charge is -2.30. The first-order valence-electron chi connectivity index (χ1n) is 5.45. The van der Waals surface area contributed by atoms with Crippen molar-refractivity contribution in [1.29, 1.82) is 0 Å². The van der Waals surface area contributed by atoms with Crippen LogP contribution in [0, 0.1) is 0 Å². The summed E-state index contributed by atoms with van der Waals surface area (Å²) in [5, 5.41) is 2.57. The molecule has 0 fully saturated rings. The van der Waals surface area contributed by atoms with Crippen molar-refractivity contribution >= 4 is 28.9 Å². The highest BCUT2D eigenvalue weighted by atomic mass is 32.1. The van der Waals surface area contributed by atoms with Gasteiger partial charge in [0.05, 0.1) is 6.42 Å². The maximum Gasteiger partial charge on any atom is 0.272 e. The lowest BCUT2D eigenvalue weighted by atomic mass is 10.2. The molecule has 2 rings (SSSR count). The molecule has 0 saturated heterocycles. The van der Waals surface area contributed by atoms with E-state index < -0.39 is 0 Å². The third-order valence-electron chi connectivity index (χ3n) is 2.62. The highest BCUT2D eigenvalue weighted by Gasteiger charge is 2.24. The summed E-state index contributed by atoms with van der Waals surface area (Å²) in [5.41, 5.74) is 0.536. The van der Waals surface area contributed by atoms with E-state index in [-0.39, 0.29) is 18.2 Å². The molecule has 1 aromatic carbocycles. The number of hydrazine groups is 1. The standard InChI is InChI=1S/C13H12N2O2S/c1-14(13(17)10-5-3-2-4-6-10)15-8-7-11(18)9-12(15)16/h2-8H,9H2,1H3. The van der Waals surface area contributed by atoms with Crippen molar-refractivity contribution in [2.24, 2.45) is 0 Å². The predicted octanol–water partition coefficient (Wildman–Crippen LogP) is 1.79. The summed E-state index contributed by atoms with van der Waals surface area (Å²) in [5.74, 6) is -0.435. The molecule has 0 atom stereocenters. The lowest BCUT2D eigenvalue weighted by Crippen LogP contribution is -2.46. The number of amides is 2. The van der Waals surface area contributed by atoms with Crippen molar-refractivity contribution in [2.75, 3.05) is 7.05 Å². The van der Waals surface area contributed by atoms with Crippen LogP contribution < -0.4 is 0 Å². The number of carbonyl (C=O) groups is 2. The van der Waals surface area contributed by atoms with Crippen molar-refractivity contribution in [3.63, 3.8) is 0 Å². The maximum absolute atomic E-state index is 12.1. The van der Waals surface area contributed by atoms with Gasteiger partial charge in [-0.05, 0) is 18.2 Å².